The second kappa shape index (κ2) is 16.4. The van der Waals surface area contributed by atoms with E-state index in [1.807, 2.05) is 0 Å². The molecular weight excluding hydrogens is 296 g/mol. The molecule has 0 spiro atoms. The highest BCUT2D eigenvalue weighted by molar-refractivity contribution is 4.61. The molecule has 0 rings (SSSR count). The van der Waals surface area contributed by atoms with E-state index in [0.29, 0.717) is 5.41 Å². The van der Waals surface area contributed by atoms with Crippen LogP contribution in [-0.2, 0) is 9.47 Å². The Balaban J connectivity index is 3.73. The second-order valence-electron chi connectivity index (χ2n) is 8.45. The Morgan fingerprint density at radius 2 is 1.12 bits per heavy atom. The van der Waals surface area contributed by atoms with Crippen molar-refractivity contribution in [1.29, 1.82) is 0 Å². The molecule has 0 aliphatic rings. The summed E-state index contributed by atoms with van der Waals surface area (Å²) in [7, 11) is 0. The van der Waals surface area contributed by atoms with Gasteiger partial charge in [0.1, 0.15) is 0 Å². The zero-order chi connectivity index (χ0) is 18.1. The quantitative estimate of drug-likeness (QED) is 0.201. The van der Waals surface area contributed by atoms with Gasteiger partial charge in [0.25, 0.3) is 0 Å². The fraction of sp³-hybridized carbons (Fsp3) is 1.00. The summed E-state index contributed by atoms with van der Waals surface area (Å²) < 4.78 is 11.9. The van der Waals surface area contributed by atoms with Crippen LogP contribution in [0.4, 0.5) is 0 Å². The van der Waals surface area contributed by atoms with Gasteiger partial charge in [0.2, 0.25) is 0 Å². The first-order valence-corrected chi connectivity index (χ1v) is 10.7. The van der Waals surface area contributed by atoms with E-state index in [-0.39, 0.29) is 6.29 Å². The Labute approximate surface area is 153 Å². The first-order chi connectivity index (χ1) is 11.5. The van der Waals surface area contributed by atoms with Gasteiger partial charge in [0.05, 0.1) is 0 Å². The monoisotopic (exact) mass is 342 g/mol. The van der Waals surface area contributed by atoms with Gasteiger partial charge in [-0.15, -0.1) is 0 Å². The molecule has 2 nitrogen and oxygen atoms in total. The van der Waals surface area contributed by atoms with Gasteiger partial charge in [0.15, 0.2) is 6.29 Å². The molecule has 0 aromatic heterocycles. The Kier molecular flexibility index (Phi) is 16.3. The highest BCUT2D eigenvalue weighted by atomic mass is 16.7. The molecule has 2 heteroatoms. The lowest BCUT2D eigenvalue weighted by Gasteiger charge is -2.19. The molecule has 0 bridgehead atoms. The summed E-state index contributed by atoms with van der Waals surface area (Å²) in [6.45, 7) is 13.2. The van der Waals surface area contributed by atoms with Gasteiger partial charge >= 0.3 is 0 Å². The minimum Gasteiger partial charge on any atom is -0.353 e. The number of rotatable bonds is 17. The molecule has 0 heterocycles. The van der Waals surface area contributed by atoms with Crippen LogP contribution >= 0.6 is 0 Å². The van der Waals surface area contributed by atoms with E-state index in [1.54, 1.807) is 0 Å². The summed E-state index contributed by atoms with van der Waals surface area (Å²) >= 11 is 0. The summed E-state index contributed by atoms with van der Waals surface area (Å²) in [5.74, 6) is 0. The Morgan fingerprint density at radius 3 is 1.62 bits per heavy atom. The van der Waals surface area contributed by atoms with Crippen molar-refractivity contribution in [2.75, 3.05) is 13.2 Å². The number of ether oxygens (including phenoxy) is 2. The first kappa shape index (κ1) is 23.9. The topological polar surface area (TPSA) is 18.5 Å². The van der Waals surface area contributed by atoms with Gasteiger partial charge in [-0.05, 0) is 37.5 Å². The summed E-state index contributed by atoms with van der Waals surface area (Å²) in [6.07, 6.45) is 16.4. The van der Waals surface area contributed by atoms with E-state index in [0.717, 1.165) is 32.5 Å². The maximum Gasteiger partial charge on any atom is 0.157 e. The van der Waals surface area contributed by atoms with E-state index >= 15 is 0 Å². The molecule has 0 fully saturated rings. The number of hydrogen-bond acceptors (Lipinski definition) is 2. The molecular formula is C22H46O2. The summed E-state index contributed by atoms with van der Waals surface area (Å²) in [5, 5.41) is 0. The van der Waals surface area contributed by atoms with E-state index in [2.05, 4.69) is 34.6 Å². The third kappa shape index (κ3) is 18.3. The van der Waals surface area contributed by atoms with Gasteiger partial charge in [0, 0.05) is 13.2 Å². The fourth-order valence-corrected chi connectivity index (χ4v) is 2.85. The van der Waals surface area contributed by atoms with Crippen LogP contribution in [0, 0.1) is 5.41 Å². The van der Waals surface area contributed by atoms with Crippen LogP contribution in [0.3, 0.4) is 0 Å². The largest absolute Gasteiger partial charge is 0.353 e. The van der Waals surface area contributed by atoms with Gasteiger partial charge in [-0.1, -0.05) is 86.0 Å². The lowest BCUT2D eigenvalue weighted by molar-refractivity contribution is -0.148. The lowest BCUT2D eigenvalue weighted by atomic mass is 9.89. The number of hydrogen-bond donors (Lipinski definition) is 0. The van der Waals surface area contributed by atoms with Crippen molar-refractivity contribution in [2.24, 2.45) is 5.41 Å². The Bertz CT molecular complexity index is 233. The summed E-state index contributed by atoms with van der Waals surface area (Å²) in [6, 6.07) is 0. The molecule has 0 saturated heterocycles. The van der Waals surface area contributed by atoms with E-state index in [9.17, 15) is 0 Å². The highest BCUT2D eigenvalue weighted by Crippen LogP contribution is 2.22. The van der Waals surface area contributed by atoms with E-state index in [4.69, 9.17) is 9.47 Å². The molecule has 0 unspecified atom stereocenters. The Morgan fingerprint density at radius 1 is 0.625 bits per heavy atom. The highest BCUT2D eigenvalue weighted by Gasteiger charge is 2.10. The first-order valence-electron chi connectivity index (χ1n) is 10.7. The third-order valence-electron chi connectivity index (χ3n) is 4.47. The normalized spacial score (nSPS) is 12.2. The van der Waals surface area contributed by atoms with Crippen molar-refractivity contribution in [2.45, 2.75) is 124 Å². The predicted molar refractivity (Wildman–Crippen MR) is 107 cm³/mol. The van der Waals surface area contributed by atoms with Crippen molar-refractivity contribution in [1.82, 2.24) is 0 Å². The van der Waals surface area contributed by atoms with Crippen LogP contribution in [0.5, 0.6) is 0 Å². The minimum absolute atomic E-state index is 0.0355. The van der Waals surface area contributed by atoms with Crippen molar-refractivity contribution < 1.29 is 9.47 Å². The van der Waals surface area contributed by atoms with Crippen LogP contribution in [0.15, 0.2) is 0 Å². The maximum atomic E-state index is 5.97. The predicted octanol–water partition coefficient (Wildman–Crippen LogP) is 7.50. The van der Waals surface area contributed by atoms with Crippen molar-refractivity contribution in [3.63, 3.8) is 0 Å². The van der Waals surface area contributed by atoms with E-state index < -0.39 is 0 Å². The molecule has 0 amide bonds. The molecule has 0 aromatic carbocycles. The molecule has 0 atom stereocenters. The van der Waals surface area contributed by atoms with Crippen molar-refractivity contribution >= 4 is 0 Å². The maximum absolute atomic E-state index is 5.97. The molecule has 0 saturated carbocycles. The van der Waals surface area contributed by atoms with Crippen molar-refractivity contribution in [3.8, 4) is 0 Å². The molecule has 0 aromatic rings. The summed E-state index contributed by atoms with van der Waals surface area (Å²) in [5.41, 5.74) is 0.490. The van der Waals surface area contributed by atoms with Crippen LogP contribution < -0.4 is 0 Å². The van der Waals surface area contributed by atoms with Crippen LogP contribution in [0.2, 0.25) is 0 Å². The summed E-state index contributed by atoms with van der Waals surface area (Å²) in [4.78, 5) is 0. The average molecular weight is 343 g/mol. The van der Waals surface area contributed by atoms with Crippen LogP contribution in [0.25, 0.3) is 0 Å². The molecule has 0 radical (unpaired) electrons. The molecule has 0 aliphatic carbocycles. The minimum atomic E-state index is 0.0355. The van der Waals surface area contributed by atoms with Crippen LogP contribution in [0.1, 0.15) is 118 Å². The molecule has 24 heavy (non-hydrogen) atoms. The molecule has 0 aliphatic heterocycles. The van der Waals surface area contributed by atoms with Crippen LogP contribution in [-0.4, -0.2) is 19.5 Å². The van der Waals surface area contributed by atoms with Gasteiger partial charge < -0.3 is 9.47 Å². The SMILES string of the molecule is CCCCCOC(CCCCCCCC(C)(C)C)OCCCCC. The standard InChI is InChI=1S/C22H46O2/c1-6-8-15-19-23-21(24-20-16-9-7-2)17-13-11-10-12-14-18-22(3,4)5/h21H,6-20H2,1-5H3. The lowest BCUT2D eigenvalue weighted by Crippen LogP contribution is -2.19. The van der Waals surface area contributed by atoms with E-state index in [1.165, 1.54) is 64.2 Å². The van der Waals surface area contributed by atoms with Gasteiger partial charge in [-0.2, -0.15) is 0 Å². The zero-order valence-electron chi connectivity index (χ0n) is 17.5. The third-order valence-corrected chi connectivity index (χ3v) is 4.47. The second-order valence-corrected chi connectivity index (χ2v) is 8.45. The number of unbranched alkanes of at least 4 members (excludes halogenated alkanes) is 8. The Hall–Kier alpha value is -0.0800. The van der Waals surface area contributed by atoms with Crippen molar-refractivity contribution in [3.05, 3.63) is 0 Å². The molecule has 0 N–H and O–H groups in total. The van der Waals surface area contributed by atoms with Gasteiger partial charge in [-0.3, -0.25) is 0 Å². The average Bonchev–Trinajstić information content (AvgIpc) is 2.52. The smallest absolute Gasteiger partial charge is 0.157 e. The fourth-order valence-electron chi connectivity index (χ4n) is 2.85. The van der Waals surface area contributed by atoms with Gasteiger partial charge in [-0.25, -0.2) is 0 Å². The zero-order valence-corrected chi connectivity index (χ0v) is 17.5. The molecule has 146 valence electrons.